The summed E-state index contributed by atoms with van der Waals surface area (Å²) in [4.78, 5) is 0. The number of ether oxygens (including phenoxy) is 1. The van der Waals surface area contributed by atoms with Crippen molar-refractivity contribution in [2.45, 2.75) is 71.6 Å². The lowest BCUT2D eigenvalue weighted by Gasteiger charge is -2.32. The molecule has 1 aromatic rings. The van der Waals surface area contributed by atoms with Gasteiger partial charge in [-0.2, -0.15) is 0 Å². The fourth-order valence-electron chi connectivity index (χ4n) is 3.26. The Kier molecular flexibility index (Phi) is 6.25. The van der Waals surface area contributed by atoms with Gasteiger partial charge >= 0.3 is 0 Å². The molecule has 1 fully saturated rings. The molecule has 118 valence electrons. The summed E-state index contributed by atoms with van der Waals surface area (Å²) in [6.07, 6.45) is 5.69. The molecule has 2 rings (SSSR count). The molecule has 1 aromatic carbocycles. The number of nitrogens with one attached hydrogen (secondary N) is 1. The van der Waals surface area contributed by atoms with Gasteiger partial charge in [0, 0.05) is 12.6 Å². The van der Waals surface area contributed by atoms with Crippen LogP contribution in [0.25, 0.3) is 0 Å². The van der Waals surface area contributed by atoms with E-state index in [1.807, 2.05) is 0 Å². The fourth-order valence-corrected chi connectivity index (χ4v) is 3.26. The third-order valence-electron chi connectivity index (χ3n) is 4.49. The van der Waals surface area contributed by atoms with E-state index < -0.39 is 0 Å². The smallest absolute Gasteiger partial charge is 0.0955 e. The van der Waals surface area contributed by atoms with E-state index in [2.05, 4.69) is 57.3 Å². The molecule has 0 heterocycles. The van der Waals surface area contributed by atoms with Crippen molar-refractivity contribution in [3.8, 4) is 0 Å². The molecule has 0 aliphatic heterocycles. The molecule has 2 heteroatoms. The van der Waals surface area contributed by atoms with Crippen LogP contribution in [0.15, 0.2) is 24.3 Å². The monoisotopic (exact) mass is 289 g/mol. The summed E-state index contributed by atoms with van der Waals surface area (Å²) >= 11 is 0. The second-order valence-electron chi connectivity index (χ2n) is 6.94. The van der Waals surface area contributed by atoms with Gasteiger partial charge in [0.25, 0.3) is 0 Å². The maximum atomic E-state index is 6.52. The standard InChI is InChI=1S/C19H31NO/c1-14(2)20-13-19(18-11-6-5-9-16(18)4)21-17-10-7-8-15(3)12-17/h5-6,9,11,14-15,17,19-20H,7-8,10,12-13H2,1-4H3. The largest absolute Gasteiger partial charge is 0.369 e. The van der Waals surface area contributed by atoms with Gasteiger partial charge in [-0.1, -0.05) is 57.9 Å². The summed E-state index contributed by atoms with van der Waals surface area (Å²) in [5, 5.41) is 3.55. The fraction of sp³-hybridized carbons (Fsp3) is 0.684. The molecule has 1 aliphatic rings. The molecule has 0 bridgehead atoms. The van der Waals surface area contributed by atoms with E-state index in [0.29, 0.717) is 12.1 Å². The SMILES string of the molecule is Cc1ccccc1C(CNC(C)C)OC1CCCC(C)C1. The predicted octanol–water partition coefficient (Wildman–Crippen LogP) is 4.63. The zero-order valence-electron chi connectivity index (χ0n) is 14.1. The Hall–Kier alpha value is -0.860. The number of hydrogen-bond donors (Lipinski definition) is 1. The van der Waals surface area contributed by atoms with Crippen LogP contribution in [0.3, 0.4) is 0 Å². The molecule has 0 saturated heterocycles. The predicted molar refractivity (Wildman–Crippen MR) is 89.6 cm³/mol. The van der Waals surface area contributed by atoms with Crippen LogP contribution in [0.4, 0.5) is 0 Å². The average Bonchev–Trinajstić information content (AvgIpc) is 2.44. The summed E-state index contributed by atoms with van der Waals surface area (Å²) in [7, 11) is 0. The third-order valence-corrected chi connectivity index (χ3v) is 4.49. The summed E-state index contributed by atoms with van der Waals surface area (Å²) in [6.45, 7) is 9.82. The first-order valence-electron chi connectivity index (χ1n) is 8.50. The summed E-state index contributed by atoms with van der Waals surface area (Å²) < 4.78 is 6.52. The van der Waals surface area contributed by atoms with Gasteiger partial charge in [0.15, 0.2) is 0 Å². The van der Waals surface area contributed by atoms with E-state index in [4.69, 9.17) is 4.74 Å². The van der Waals surface area contributed by atoms with Crippen LogP contribution in [0.1, 0.15) is 63.7 Å². The van der Waals surface area contributed by atoms with Crippen LogP contribution in [-0.4, -0.2) is 18.7 Å². The van der Waals surface area contributed by atoms with Gasteiger partial charge in [-0.3, -0.25) is 0 Å². The number of rotatable bonds is 6. The minimum atomic E-state index is 0.170. The van der Waals surface area contributed by atoms with Crippen LogP contribution >= 0.6 is 0 Å². The van der Waals surface area contributed by atoms with Crippen LogP contribution in [0.2, 0.25) is 0 Å². The highest BCUT2D eigenvalue weighted by Crippen LogP contribution is 2.30. The Balaban J connectivity index is 2.06. The maximum Gasteiger partial charge on any atom is 0.0955 e. The molecule has 21 heavy (non-hydrogen) atoms. The van der Waals surface area contributed by atoms with Crippen molar-refractivity contribution in [2.75, 3.05) is 6.54 Å². The summed E-state index contributed by atoms with van der Waals surface area (Å²) in [5.41, 5.74) is 2.67. The van der Waals surface area contributed by atoms with Crippen molar-refractivity contribution >= 4 is 0 Å². The zero-order valence-corrected chi connectivity index (χ0v) is 14.1. The molecule has 2 nitrogen and oxygen atoms in total. The highest BCUT2D eigenvalue weighted by Gasteiger charge is 2.24. The van der Waals surface area contributed by atoms with Gasteiger partial charge in [0.1, 0.15) is 0 Å². The van der Waals surface area contributed by atoms with Crippen LogP contribution in [-0.2, 0) is 4.74 Å². The Morgan fingerprint density at radius 3 is 2.67 bits per heavy atom. The second-order valence-corrected chi connectivity index (χ2v) is 6.94. The molecule has 1 N–H and O–H groups in total. The summed E-state index contributed by atoms with van der Waals surface area (Å²) in [6, 6.07) is 9.12. The molecular weight excluding hydrogens is 258 g/mol. The van der Waals surface area contributed by atoms with Crippen LogP contribution in [0, 0.1) is 12.8 Å². The number of hydrogen-bond acceptors (Lipinski definition) is 2. The van der Waals surface area contributed by atoms with Crippen molar-refractivity contribution in [1.82, 2.24) is 5.32 Å². The van der Waals surface area contributed by atoms with E-state index in [1.165, 1.54) is 36.8 Å². The first-order valence-corrected chi connectivity index (χ1v) is 8.50. The lowest BCUT2D eigenvalue weighted by molar-refractivity contribution is -0.0403. The van der Waals surface area contributed by atoms with Crippen LogP contribution < -0.4 is 5.32 Å². The number of aryl methyl sites for hydroxylation is 1. The van der Waals surface area contributed by atoms with Gasteiger partial charge in [-0.25, -0.2) is 0 Å². The normalized spacial score (nSPS) is 24.2. The Morgan fingerprint density at radius 1 is 1.24 bits per heavy atom. The second kappa shape index (κ2) is 7.95. The van der Waals surface area contributed by atoms with Crippen molar-refractivity contribution < 1.29 is 4.74 Å². The average molecular weight is 289 g/mol. The topological polar surface area (TPSA) is 21.3 Å². The molecule has 3 atom stereocenters. The van der Waals surface area contributed by atoms with E-state index in [1.54, 1.807) is 0 Å². The van der Waals surface area contributed by atoms with Gasteiger partial charge in [0.05, 0.1) is 12.2 Å². The van der Waals surface area contributed by atoms with Gasteiger partial charge in [-0.05, 0) is 36.8 Å². The van der Waals surface area contributed by atoms with E-state index in [-0.39, 0.29) is 6.10 Å². The Bertz CT molecular complexity index is 429. The maximum absolute atomic E-state index is 6.52. The summed E-state index contributed by atoms with van der Waals surface area (Å²) in [5.74, 6) is 0.805. The zero-order chi connectivity index (χ0) is 15.2. The molecule has 0 aromatic heterocycles. The minimum Gasteiger partial charge on any atom is -0.369 e. The third kappa shape index (κ3) is 5.12. The van der Waals surface area contributed by atoms with E-state index in [9.17, 15) is 0 Å². The molecule has 1 saturated carbocycles. The van der Waals surface area contributed by atoms with Crippen molar-refractivity contribution in [3.63, 3.8) is 0 Å². The molecule has 3 unspecified atom stereocenters. The quantitative estimate of drug-likeness (QED) is 0.824. The lowest BCUT2D eigenvalue weighted by atomic mass is 9.88. The van der Waals surface area contributed by atoms with Crippen molar-refractivity contribution in [2.24, 2.45) is 5.92 Å². The van der Waals surface area contributed by atoms with Crippen LogP contribution in [0.5, 0.6) is 0 Å². The molecular formula is C19H31NO. The Morgan fingerprint density at radius 2 is 2.00 bits per heavy atom. The lowest BCUT2D eigenvalue weighted by Crippen LogP contribution is -2.32. The Labute approximate surface area is 130 Å². The van der Waals surface area contributed by atoms with E-state index in [0.717, 1.165) is 12.5 Å². The highest BCUT2D eigenvalue weighted by molar-refractivity contribution is 5.28. The first kappa shape index (κ1) is 16.5. The highest BCUT2D eigenvalue weighted by atomic mass is 16.5. The van der Waals surface area contributed by atoms with Gasteiger partial charge < -0.3 is 10.1 Å². The van der Waals surface area contributed by atoms with Gasteiger partial charge in [0.2, 0.25) is 0 Å². The number of benzene rings is 1. The first-order chi connectivity index (χ1) is 10.1. The molecule has 0 spiro atoms. The molecule has 1 aliphatic carbocycles. The van der Waals surface area contributed by atoms with Gasteiger partial charge in [-0.15, -0.1) is 0 Å². The van der Waals surface area contributed by atoms with Crippen molar-refractivity contribution in [1.29, 1.82) is 0 Å². The minimum absolute atomic E-state index is 0.170. The van der Waals surface area contributed by atoms with E-state index >= 15 is 0 Å². The van der Waals surface area contributed by atoms with Crippen molar-refractivity contribution in [3.05, 3.63) is 35.4 Å². The molecule has 0 radical (unpaired) electrons. The molecule has 0 amide bonds.